The van der Waals surface area contributed by atoms with Crippen LogP contribution in [0.15, 0.2) is 41.1 Å². The Kier molecular flexibility index (Phi) is 3.60. The molecule has 5 heteroatoms. The zero-order valence-corrected chi connectivity index (χ0v) is 11.9. The Morgan fingerprint density at radius 1 is 1.40 bits per heavy atom. The van der Waals surface area contributed by atoms with Gasteiger partial charge in [0.1, 0.15) is 0 Å². The van der Waals surface area contributed by atoms with E-state index >= 15 is 0 Å². The maximum Gasteiger partial charge on any atom is 0.322 e. The van der Waals surface area contributed by atoms with Crippen molar-refractivity contribution in [2.45, 2.75) is 25.4 Å². The van der Waals surface area contributed by atoms with Gasteiger partial charge >= 0.3 is 6.03 Å². The summed E-state index contributed by atoms with van der Waals surface area (Å²) in [6.07, 6.45) is 2.18. The molecule has 0 atom stereocenters. The molecule has 0 unspecified atom stereocenters. The van der Waals surface area contributed by atoms with Gasteiger partial charge in [0.15, 0.2) is 0 Å². The molecule has 3 N–H and O–H groups in total. The van der Waals surface area contributed by atoms with Crippen molar-refractivity contribution in [2.24, 2.45) is 0 Å². The van der Waals surface area contributed by atoms with Crippen molar-refractivity contribution in [3.05, 3.63) is 46.7 Å². The van der Waals surface area contributed by atoms with Crippen molar-refractivity contribution < 1.29 is 4.79 Å². The molecule has 1 saturated carbocycles. The van der Waals surface area contributed by atoms with Crippen LogP contribution in [0.2, 0.25) is 0 Å². The quantitative estimate of drug-likeness (QED) is 0.845. The molecule has 1 aromatic heterocycles. The summed E-state index contributed by atoms with van der Waals surface area (Å²) >= 11 is 1.66. The van der Waals surface area contributed by atoms with Gasteiger partial charge < -0.3 is 16.0 Å². The Hall–Kier alpha value is -2.01. The SMILES string of the molecule is Nc1cccc(NC(=O)N(Cc2ccsc2)C2CC2)c1. The topological polar surface area (TPSA) is 58.4 Å². The van der Waals surface area contributed by atoms with E-state index in [4.69, 9.17) is 5.73 Å². The van der Waals surface area contributed by atoms with Crippen molar-refractivity contribution in [3.8, 4) is 0 Å². The van der Waals surface area contributed by atoms with Crippen LogP contribution in [0.25, 0.3) is 0 Å². The van der Waals surface area contributed by atoms with Gasteiger partial charge in [-0.15, -0.1) is 0 Å². The second kappa shape index (κ2) is 5.54. The first-order chi connectivity index (χ1) is 9.72. The molecule has 0 radical (unpaired) electrons. The highest BCUT2D eigenvalue weighted by molar-refractivity contribution is 7.07. The molecule has 3 rings (SSSR count). The maximum atomic E-state index is 12.4. The van der Waals surface area contributed by atoms with Crippen molar-refractivity contribution in [1.29, 1.82) is 0 Å². The first-order valence-corrected chi connectivity index (χ1v) is 7.61. The fourth-order valence-corrected chi connectivity index (χ4v) is 2.80. The van der Waals surface area contributed by atoms with Crippen molar-refractivity contribution in [2.75, 3.05) is 11.1 Å². The predicted molar refractivity (Wildman–Crippen MR) is 82.8 cm³/mol. The smallest absolute Gasteiger partial charge is 0.322 e. The number of carbonyl (C=O) groups is 1. The lowest BCUT2D eigenvalue weighted by atomic mass is 10.3. The third-order valence-corrected chi connectivity index (χ3v) is 4.05. The normalized spacial score (nSPS) is 14.0. The van der Waals surface area contributed by atoms with Gasteiger partial charge in [0, 0.05) is 24.0 Å². The lowest BCUT2D eigenvalue weighted by Gasteiger charge is -2.22. The summed E-state index contributed by atoms with van der Waals surface area (Å²) < 4.78 is 0. The number of amides is 2. The number of thiophene rings is 1. The number of nitrogens with one attached hydrogen (secondary N) is 1. The second-order valence-corrected chi connectivity index (χ2v) is 5.83. The molecule has 104 valence electrons. The van der Waals surface area contributed by atoms with Gasteiger partial charge in [-0.2, -0.15) is 11.3 Å². The van der Waals surface area contributed by atoms with Crippen LogP contribution in [0.1, 0.15) is 18.4 Å². The molecule has 2 aromatic rings. The summed E-state index contributed by atoms with van der Waals surface area (Å²) in [4.78, 5) is 14.3. The standard InChI is InChI=1S/C15H17N3OS/c16-12-2-1-3-13(8-12)17-15(19)18(14-4-5-14)9-11-6-7-20-10-11/h1-3,6-8,10,14H,4-5,9,16H2,(H,17,19). The Morgan fingerprint density at radius 2 is 2.25 bits per heavy atom. The zero-order chi connectivity index (χ0) is 13.9. The van der Waals surface area contributed by atoms with Crippen LogP contribution < -0.4 is 11.1 Å². The fourth-order valence-electron chi connectivity index (χ4n) is 2.14. The Balaban J connectivity index is 1.69. The Morgan fingerprint density at radius 3 is 2.90 bits per heavy atom. The minimum absolute atomic E-state index is 0.0516. The lowest BCUT2D eigenvalue weighted by molar-refractivity contribution is 0.206. The summed E-state index contributed by atoms with van der Waals surface area (Å²) in [5, 5.41) is 7.05. The van der Waals surface area contributed by atoms with Crippen molar-refractivity contribution >= 4 is 28.7 Å². The summed E-state index contributed by atoms with van der Waals surface area (Å²) in [6.45, 7) is 0.669. The van der Waals surface area contributed by atoms with Gasteiger partial charge in [-0.05, 0) is 53.4 Å². The molecule has 0 saturated heterocycles. The van der Waals surface area contributed by atoms with E-state index in [0.29, 0.717) is 18.3 Å². The van der Waals surface area contributed by atoms with Gasteiger partial charge in [0.25, 0.3) is 0 Å². The van der Waals surface area contributed by atoms with Crippen LogP contribution >= 0.6 is 11.3 Å². The molecule has 1 aliphatic rings. The van der Waals surface area contributed by atoms with Crippen LogP contribution in [0.4, 0.5) is 16.2 Å². The number of nitrogens with two attached hydrogens (primary N) is 1. The van der Waals surface area contributed by atoms with Crippen molar-refractivity contribution in [1.82, 2.24) is 4.90 Å². The average Bonchev–Trinajstić information content (AvgIpc) is 3.12. The van der Waals surface area contributed by atoms with Crippen LogP contribution in [0.3, 0.4) is 0 Å². The van der Waals surface area contributed by atoms with Gasteiger partial charge in [-0.1, -0.05) is 6.07 Å². The number of hydrogen-bond acceptors (Lipinski definition) is 3. The summed E-state index contributed by atoms with van der Waals surface area (Å²) in [7, 11) is 0. The molecule has 0 spiro atoms. The highest BCUT2D eigenvalue weighted by atomic mass is 32.1. The van der Waals surface area contributed by atoms with E-state index in [1.54, 1.807) is 23.5 Å². The number of urea groups is 1. The first kappa shape index (κ1) is 13.0. The number of carbonyl (C=O) groups excluding carboxylic acids is 1. The van der Waals surface area contributed by atoms with E-state index in [2.05, 4.69) is 16.8 Å². The third-order valence-electron chi connectivity index (χ3n) is 3.32. The van der Waals surface area contributed by atoms with Crippen LogP contribution in [0.5, 0.6) is 0 Å². The molecule has 1 aliphatic carbocycles. The van der Waals surface area contributed by atoms with E-state index in [1.807, 2.05) is 22.4 Å². The first-order valence-electron chi connectivity index (χ1n) is 6.66. The monoisotopic (exact) mass is 287 g/mol. The van der Waals surface area contributed by atoms with Gasteiger partial charge in [0.05, 0.1) is 0 Å². The molecule has 20 heavy (non-hydrogen) atoms. The molecular formula is C15H17N3OS. The number of anilines is 2. The van der Waals surface area contributed by atoms with E-state index in [1.165, 1.54) is 5.56 Å². The van der Waals surface area contributed by atoms with Gasteiger partial charge in [-0.25, -0.2) is 4.79 Å². The fraction of sp³-hybridized carbons (Fsp3) is 0.267. The minimum Gasteiger partial charge on any atom is -0.399 e. The molecule has 0 aliphatic heterocycles. The largest absolute Gasteiger partial charge is 0.399 e. The number of rotatable bonds is 4. The summed E-state index contributed by atoms with van der Waals surface area (Å²) in [6, 6.07) is 9.65. The molecule has 2 amide bonds. The summed E-state index contributed by atoms with van der Waals surface area (Å²) in [5.41, 5.74) is 8.31. The van der Waals surface area contributed by atoms with E-state index < -0.39 is 0 Å². The summed E-state index contributed by atoms with van der Waals surface area (Å²) in [5.74, 6) is 0. The van der Waals surface area contributed by atoms with Crippen molar-refractivity contribution in [3.63, 3.8) is 0 Å². The van der Waals surface area contributed by atoms with Gasteiger partial charge in [-0.3, -0.25) is 0 Å². The molecular weight excluding hydrogens is 270 g/mol. The Labute approximate surface area is 122 Å². The van der Waals surface area contributed by atoms with Crippen LogP contribution in [-0.4, -0.2) is 17.0 Å². The number of hydrogen-bond donors (Lipinski definition) is 2. The minimum atomic E-state index is -0.0516. The molecule has 1 heterocycles. The predicted octanol–water partition coefficient (Wildman–Crippen LogP) is 3.53. The van der Waals surface area contributed by atoms with E-state index in [9.17, 15) is 4.79 Å². The zero-order valence-electron chi connectivity index (χ0n) is 11.1. The number of nitrogens with zero attached hydrogens (tertiary/aromatic N) is 1. The van der Waals surface area contributed by atoms with Crippen LogP contribution in [-0.2, 0) is 6.54 Å². The third kappa shape index (κ3) is 3.11. The molecule has 1 fully saturated rings. The van der Waals surface area contributed by atoms with E-state index in [-0.39, 0.29) is 6.03 Å². The molecule has 4 nitrogen and oxygen atoms in total. The maximum absolute atomic E-state index is 12.4. The number of nitrogen functional groups attached to an aromatic ring is 1. The van der Waals surface area contributed by atoms with Gasteiger partial charge in [0.2, 0.25) is 0 Å². The molecule has 1 aromatic carbocycles. The highest BCUT2D eigenvalue weighted by Crippen LogP contribution is 2.29. The second-order valence-electron chi connectivity index (χ2n) is 5.05. The average molecular weight is 287 g/mol. The van der Waals surface area contributed by atoms with Crippen LogP contribution in [0, 0.1) is 0 Å². The Bertz CT molecular complexity index is 593. The number of benzene rings is 1. The lowest BCUT2D eigenvalue weighted by Crippen LogP contribution is -2.36. The molecule has 0 bridgehead atoms. The van der Waals surface area contributed by atoms with E-state index in [0.717, 1.165) is 18.5 Å². The highest BCUT2D eigenvalue weighted by Gasteiger charge is 2.32.